The minimum absolute atomic E-state index is 0.0714. The van der Waals surface area contributed by atoms with Gasteiger partial charge in [-0.3, -0.25) is 9.59 Å². The average Bonchev–Trinajstić information content (AvgIpc) is 2.51. The Morgan fingerprint density at radius 1 is 1.24 bits per heavy atom. The smallest absolute Gasteiger partial charge is 0.306 e. The van der Waals surface area contributed by atoms with Crippen LogP contribution in [-0.2, 0) is 20.9 Å². The second-order valence-corrected chi connectivity index (χ2v) is 7.34. The van der Waals surface area contributed by atoms with Crippen LogP contribution in [0.5, 0.6) is 5.75 Å². The van der Waals surface area contributed by atoms with Crippen molar-refractivity contribution >= 4 is 35.1 Å². The van der Waals surface area contributed by atoms with Crippen molar-refractivity contribution in [1.82, 2.24) is 5.32 Å². The summed E-state index contributed by atoms with van der Waals surface area (Å²) in [7, 11) is 1.50. The molecule has 0 aromatic heterocycles. The number of esters is 1. The number of benzene rings is 1. The maximum absolute atomic E-state index is 12.1. The molecule has 0 heterocycles. The Kier molecular flexibility index (Phi) is 7.99. The topological polar surface area (TPSA) is 90.6 Å². The Bertz CT molecular complexity index is 630. The first-order valence-corrected chi connectivity index (χ1v) is 8.56. The van der Waals surface area contributed by atoms with Gasteiger partial charge in [-0.25, -0.2) is 0 Å². The van der Waals surface area contributed by atoms with Gasteiger partial charge in [0.05, 0.1) is 23.2 Å². The molecule has 1 amide bonds. The van der Waals surface area contributed by atoms with Crippen molar-refractivity contribution in [3.8, 4) is 5.75 Å². The summed E-state index contributed by atoms with van der Waals surface area (Å²) in [6, 6.07) is 2.38. The molecule has 1 rings (SSSR count). The first-order chi connectivity index (χ1) is 11.5. The molecule has 0 bridgehead atoms. The summed E-state index contributed by atoms with van der Waals surface area (Å²) in [6.45, 7) is 5.52. The highest BCUT2D eigenvalue weighted by Crippen LogP contribution is 2.30. The number of nitrogens with two attached hydrogens (primary N) is 1. The Balaban J connectivity index is 2.54. The van der Waals surface area contributed by atoms with Crippen LogP contribution in [-0.4, -0.2) is 30.6 Å². The fraction of sp³-hybridized carbons (Fsp3) is 0.529. The summed E-state index contributed by atoms with van der Waals surface area (Å²) in [5.41, 5.74) is 5.93. The Morgan fingerprint density at radius 3 is 2.40 bits per heavy atom. The Labute approximate surface area is 157 Å². The van der Waals surface area contributed by atoms with Crippen LogP contribution in [0.15, 0.2) is 12.1 Å². The van der Waals surface area contributed by atoms with Crippen LogP contribution in [0, 0.1) is 0 Å². The van der Waals surface area contributed by atoms with E-state index in [0.29, 0.717) is 21.4 Å². The van der Waals surface area contributed by atoms with Crippen LogP contribution in [0.1, 0.15) is 39.2 Å². The van der Waals surface area contributed by atoms with E-state index in [0.717, 1.165) is 0 Å². The molecule has 0 fully saturated rings. The van der Waals surface area contributed by atoms with Gasteiger partial charge in [-0.05, 0) is 33.3 Å². The van der Waals surface area contributed by atoms with Crippen LogP contribution in [0.3, 0.4) is 0 Å². The molecule has 1 aromatic carbocycles. The number of halogens is 2. The molecule has 1 aromatic rings. The van der Waals surface area contributed by atoms with Crippen molar-refractivity contribution in [2.45, 2.75) is 51.8 Å². The van der Waals surface area contributed by atoms with Gasteiger partial charge < -0.3 is 20.5 Å². The number of rotatable bonds is 7. The molecule has 0 unspecified atom stereocenters. The number of carbonyl (C=O) groups is 2. The van der Waals surface area contributed by atoms with Crippen molar-refractivity contribution in [3.05, 3.63) is 27.7 Å². The third-order valence-electron chi connectivity index (χ3n) is 3.19. The lowest BCUT2D eigenvalue weighted by molar-refractivity contribution is -0.155. The van der Waals surface area contributed by atoms with E-state index in [9.17, 15) is 9.59 Å². The van der Waals surface area contributed by atoms with Crippen LogP contribution in [0.2, 0.25) is 10.0 Å². The molecule has 25 heavy (non-hydrogen) atoms. The molecule has 0 aliphatic rings. The summed E-state index contributed by atoms with van der Waals surface area (Å²) < 4.78 is 10.4. The van der Waals surface area contributed by atoms with Crippen molar-refractivity contribution in [2.75, 3.05) is 7.11 Å². The van der Waals surface area contributed by atoms with E-state index in [1.54, 1.807) is 32.9 Å². The first kappa shape index (κ1) is 21.5. The van der Waals surface area contributed by atoms with Crippen LogP contribution >= 0.6 is 23.2 Å². The molecule has 3 N–H and O–H groups in total. The normalized spacial score (nSPS) is 12.4. The predicted molar refractivity (Wildman–Crippen MR) is 97.9 cm³/mol. The molecule has 0 spiro atoms. The number of nitrogens with one attached hydrogen (secondary N) is 1. The Hall–Kier alpha value is -1.50. The highest BCUT2D eigenvalue weighted by molar-refractivity contribution is 6.42. The van der Waals surface area contributed by atoms with Gasteiger partial charge in [0, 0.05) is 24.6 Å². The van der Waals surface area contributed by atoms with E-state index in [2.05, 4.69) is 5.32 Å². The Morgan fingerprint density at radius 2 is 1.84 bits per heavy atom. The zero-order valence-corrected chi connectivity index (χ0v) is 16.3. The molecular weight excluding hydrogens is 367 g/mol. The lowest BCUT2D eigenvalue weighted by Crippen LogP contribution is -2.40. The van der Waals surface area contributed by atoms with Crippen molar-refractivity contribution < 1.29 is 19.1 Å². The monoisotopic (exact) mass is 390 g/mol. The molecule has 0 aliphatic heterocycles. The van der Waals surface area contributed by atoms with Crippen LogP contribution < -0.4 is 15.8 Å². The van der Waals surface area contributed by atoms with Crippen molar-refractivity contribution in [3.63, 3.8) is 0 Å². The van der Waals surface area contributed by atoms with E-state index < -0.39 is 11.6 Å². The molecule has 1 atom stereocenters. The van der Waals surface area contributed by atoms with Crippen molar-refractivity contribution in [1.29, 1.82) is 0 Å². The third-order valence-corrected chi connectivity index (χ3v) is 3.91. The molecule has 0 aliphatic carbocycles. The summed E-state index contributed by atoms with van der Waals surface area (Å²) in [6.07, 6.45) is 0.265. The fourth-order valence-corrected chi connectivity index (χ4v) is 2.35. The van der Waals surface area contributed by atoms with Gasteiger partial charge in [0.2, 0.25) is 5.91 Å². The molecule has 0 saturated heterocycles. The summed E-state index contributed by atoms with van der Waals surface area (Å²) in [4.78, 5) is 23.7. The number of amides is 1. The van der Waals surface area contributed by atoms with Gasteiger partial charge in [0.25, 0.3) is 0 Å². The molecule has 0 saturated carbocycles. The molecule has 8 heteroatoms. The van der Waals surface area contributed by atoms with E-state index in [1.807, 2.05) is 0 Å². The average molecular weight is 391 g/mol. The highest BCUT2D eigenvalue weighted by Gasteiger charge is 2.20. The summed E-state index contributed by atoms with van der Waals surface area (Å²) in [5.74, 6) is -0.254. The quantitative estimate of drug-likeness (QED) is 0.698. The zero-order valence-electron chi connectivity index (χ0n) is 14.8. The number of methoxy groups -OCH3 is 1. The number of carbonyl (C=O) groups excluding carboxylic acids is 2. The van der Waals surface area contributed by atoms with Gasteiger partial charge in [-0.15, -0.1) is 0 Å². The number of hydrogen-bond acceptors (Lipinski definition) is 5. The lowest BCUT2D eigenvalue weighted by Gasteiger charge is -2.20. The second kappa shape index (κ2) is 9.27. The second-order valence-electron chi connectivity index (χ2n) is 6.53. The summed E-state index contributed by atoms with van der Waals surface area (Å²) >= 11 is 11.9. The number of hydrogen-bond donors (Lipinski definition) is 2. The van der Waals surface area contributed by atoms with E-state index >= 15 is 0 Å². The van der Waals surface area contributed by atoms with Gasteiger partial charge >= 0.3 is 5.97 Å². The first-order valence-electron chi connectivity index (χ1n) is 7.80. The maximum Gasteiger partial charge on any atom is 0.306 e. The van der Waals surface area contributed by atoms with E-state index in [4.69, 9.17) is 38.4 Å². The molecule has 6 nitrogen and oxygen atoms in total. The third kappa shape index (κ3) is 7.50. The predicted octanol–water partition coefficient (Wildman–Crippen LogP) is 3.07. The molecular formula is C17H24Cl2N2O4. The standard InChI is InChI=1S/C17H24Cl2N2O4/c1-17(2,3)25-15(22)6-5-13(20)16(23)21-9-10-7-11(18)12(19)8-14(10)24-4/h7-8,13H,5-6,9,20H2,1-4H3,(H,21,23)/t13-/m1/s1. The summed E-state index contributed by atoms with van der Waals surface area (Å²) in [5, 5.41) is 3.42. The molecule has 140 valence electrons. The van der Waals surface area contributed by atoms with Crippen molar-refractivity contribution in [2.24, 2.45) is 5.73 Å². The van der Waals surface area contributed by atoms with Crippen LogP contribution in [0.25, 0.3) is 0 Å². The van der Waals surface area contributed by atoms with Crippen LogP contribution in [0.4, 0.5) is 0 Å². The van der Waals surface area contributed by atoms with Gasteiger partial charge in [-0.1, -0.05) is 23.2 Å². The SMILES string of the molecule is COc1cc(Cl)c(Cl)cc1CNC(=O)[C@H](N)CCC(=O)OC(C)(C)C. The zero-order chi connectivity index (χ0) is 19.2. The van der Waals surface area contributed by atoms with Gasteiger partial charge in [-0.2, -0.15) is 0 Å². The molecule has 0 radical (unpaired) electrons. The van der Waals surface area contributed by atoms with Gasteiger partial charge in [0.15, 0.2) is 0 Å². The maximum atomic E-state index is 12.1. The largest absolute Gasteiger partial charge is 0.496 e. The van der Waals surface area contributed by atoms with E-state index in [-0.39, 0.29) is 31.3 Å². The minimum Gasteiger partial charge on any atom is -0.496 e. The number of ether oxygens (including phenoxy) is 2. The van der Waals surface area contributed by atoms with E-state index in [1.165, 1.54) is 7.11 Å². The minimum atomic E-state index is -0.818. The lowest BCUT2D eigenvalue weighted by atomic mass is 10.1. The van der Waals surface area contributed by atoms with Gasteiger partial charge in [0.1, 0.15) is 11.4 Å². The highest BCUT2D eigenvalue weighted by atomic mass is 35.5. The fourth-order valence-electron chi connectivity index (χ4n) is 2.01.